The van der Waals surface area contributed by atoms with E-state index in [2.05, 4.69) is 15.9 Å². The number of aliphatic hydroxyl groups excluding tert-OH is 1. The second-order valence-corrected chi connectivity index (χ2v) is 5.29. The average molecular weight is 312 g/mol. The Kier molecular flexibility index (Phi) is 3.87. The molecule has 1 nitrogen and oxygen atoms in total. The standard InChI is InChI=1S/C14H12BrClO/c1-9-8-11(4-7-13(9)16)14(17)10-2-5-12(15)6-3-10/h2-8,14,17H,1H3/t14-/m1/s1. The van der Waals surface area contributed by atoms with Crippen LogP contribution in [0.1, 0.15) is 22.8 Å². The Balaban J connectivity index is 2.33. The topological polar surface area (TPSA) is 20.2 Å². The molecule has 0 aliphatic heterocycles. The van der Waals surface area contributed by atoms with Crippen molar-refractivity contribution in [3.8, 4) is 0 Å². The van der Waals surface area contributed by atoms with E-state index in [0.29, 0.717) is 0 Å². The quantitative estimate of drug-likeness (QED) is 0.866. The van der Waals surface area contributed by atoms with Crippen molar-refractivity contribution in [3.05, 3.63) is 68.7 Å². The largest absolute Gasteiger partial charge is 0.384 e. The molecule has 0 unspecified atom stereocenters. The SMILES string of the molecule is Cc1cc([C@H](O)c2ccc(Br)cc2)ccc1Cl. The summed E-state index contributed by atoms with van der Waals surface area (Å²) in [5.41, 5.74) is 2.70. The van der Waals surface area contributed by atoms with Crippen LogP contribution in [0.4, 0.5) is 0 Å². The lowest BCUT2D eigenvalue weighted by molar-refractivity contribution is 0.220. The predicted octanol–water partition coefficient (Wildman–Crippen LogP) is 4.49. The minimum atomic E-state index is -0.612. The van der Waals surface area contributed by atoms with Gasteiger partial charge in [-0.15, -0.1) is 0 Å². The molecule has 0 radical (unpaired) electrons. The van der Waals surface area contributed by atoms with Crippen LogP contribution in [0, 0.1) is 6.92 Å². The number of hydrogen-bond donors (Lipinski definition) is 1. The zero-order valence-electron chi connectivity index (χ0n) is 9.32. The summed E-state index contributed by atoms with van der Waals surface area (Å²) in [6.45, 7) is 1.93. The summed E-state index contributed by atoms with van der Waals surface area (Å²) in [5.74, 6) is 0. The van der Waals surface area contributed by atoms with Crippen molar-refractivity contribution in [2.24, 2.45) is 0 Å². The third-order valence-electron chi connectivity index (χ3n) is 2.68. The third-order valence-corrected chi connectivity index (χ3v) is 3.64. The van der Waals surface area contributed by atoms with Crippen LogP contribution in [0.2, 0.25) is 5.02 Å². The molecule has 2 aromatic carbocycles. The summed E-state index contributed by atoms with van der Waals surface area (Å²) < 4.78 is 1.00. The van der Waals surface area contributed by atoms with Gasteiger partial charge < -0.3 is 5.11 Å². The second-order valence-electron chi connectivity index (χ2n) is 3.96. The van der Waals surface area contributed by atoms with Crippen molar-refractivity contribution < 1.29 is 5.11 Å². The van der Waals surface area contributed by atoms with Crippen molar-refractivity contribution in [2.45, 2.75) is 13.0 Å². The minimum absolute atomic E-state index is 0.612. The van der Waals surface area contributed by atoms with Gasteiger partial charge >= 0.3 is 0 Å². The van der Waals surface area contributed by atoms with Crippen LogP contribution in [-0.4, -0.2) is 5.11 Å². The molecule has 0 aliphatic carbocycles. The summed E-state index contributed by atoms with van der Waals surface area (Å²) in [6.07, 6.45) is -0.612. The molecule has 3 heteroatoms. The van der Waals surface area contributed by atoms with Crippen LogP contribution in [0.25, 0.3) is 0 Å². The van der Waals surface area contributed by atoms with Gasteiger partial charge in [-0.05, 0) is 41.8 Å². The van der Waals surface area contributed by atoms with Crippen molar-refractivity contribution in [1.82, 2.24) is 0 Å². The molecule has 0 heterocycles. The van der Waals surface area contributed by atoms with E-state index in [-0.39, 0.29) is 0 Å². The van der Waals surface area contributed by atoms with Gasteiger partial charge in [0.2, 0.25) is 0 Å². The monoisotopic (exact) mass is 310 g/mol. The van der Waals surface area contributed by atoms with Gasteiger partial charge in [0.15, 0.2) is 0 Å². The van der Waals surface area contributed by atoms with Gasteiger partial charge in [-0.25, -0.2) is 0 Å². The number of hydrogen-bond acceptors (Lipinski definition) is 1. The van der Waals surface area contributed by atoms with E-state index in [1.807, 2.05) is 49.4 Å². The summed E-state index contributed by atoms with van der Waals surface area (Å²) in [4.78, 5) is 0. The molecular weight excluding hydrogens is 300 g/mol. The van der Waals surface area contributed by atoms with E-state index in [1.54, 1.807) is 0 Å². The molecule has 17 heavy (non-hydrogen) atoms. The first kappa shape index (κ1) is 12.6. The van der Waals surface area contributed by atoms with Gasteiger partial charge in [0.05, 0.1) is 0 Å². The highest BCUT2D eigenvalue weighted by Gasteiger charge is 2.11. The van der Waals surface area contributed by atoms with E-state index < -0.39 is 6.10 Å². The maximum Gasteiger partial charge on any atom is 0.104 e. The molecule has 2 aromatic rings. The molecule has 0 aromatic heterocycles. The van der Waals surface area contributed by atoms with Crippen LogP contribution in [0.5, 0.6) is 0 Å². The fourth-order valence-corrected chi connectivity index (χ4v) is 2.06. The highest BCUT2D eigenvalue weighted by atomic mass is 79.9. The van der Waals surface area contributed by atoms with E-state index in [0.717, 1.165) is 26.2 Å². The van der Waals surface area contributed by atoms with E-state index >= 15 is 0 Å². The Hall–Kier alpha value is -0.830. The number of halogens is 2. The molecule has 88 valence electrons. The molecule has 0 amide bonds. The summed E-state index contributed by atoms with van der Waals surface area (Å²) in [6, 6.07) is 13.2. The summed E-state index contributed by atoms with van der Waals surface area (Å²) in [5, 5.41) is 11.0. The Morgan fingerprint density at radius 2 is 1.65 bits per heavy atom. The van der Waals surface area contributed by atoms with Crippen LogP contribution < -0.4 is 0 Å². The van der Waals surface area contributed by atoms with Gasteiger partial charge in [-0.2, -0.15) is 0 Å². The van der Waals surface area contributed by atoms with E-state index in [1.165, 1.54) is 0 Å². The number of benzene rings is 2. The average Bonchev–Trinajstić information content (AvgIpc) is 2.33. The first-order valence-electron chi connectivity index (χ1n) is 5.27. The molecule has 0 saturated heterocycles. The fraction of sp³-hybridized carbons (Fsp3) is 0.143. The normalized spacial score (nSPS) is 12.5. The van der Waals surface area contributed by atoms with Crippen LogP contribution in [-0.2, 0) is 0 Å². The zero-order valence-corrected chi connectivity index (χ0v) is 11.7. The number of aliphatic hydroxyl groups is 1. The minimum Gasteiger partial charge on any atom is -0.384 e. The summed E-state index contributed by atoms with van der Waals surface area (Å²) >= 11 is 9.34. The Morgan fingerprint density at radius 1 is 1.06 bits per heavy atom. The van der Waals surface area contributed by atoms with Gasteiger partial charge in [0.1, 0.15) is 6.10 Å². The number of aryl methyl sites for hydroxylation is 1. The zero-order chi connectivity index (χ0) is 12.4. The fourth-order valence-electron chi connectivity index (χ4n) is 1.68. The van der Waals surface area contributed by atoms with Crippen LogP contribution in [0.15, 0.2) is 46.9 Å². The van der Waals surface area contributed by atoms with Crippen LogP contribution >= 0.6 is 27.5 Å². The van der Waals surface area contributed by atoms with Crippen molar-refractivity contribution in [2.75, 3.05) is 0 Å². The third kappa shape index (κ3) is 2.89. The van der Waals surface area contributed by atoms with Crippen LogP contribution in [0.3, 0.4) is 0 Å². The first-order chi connectivity index (χ1) is 8.08. The van der Waals surface area contributed by atoms with Gasteiger partial charge in [0.25, 0.3) is 0 Å². The summed E-state index contributed by atoms with van der Waals surface area (Å²) in [7, 11) is 0. The highest BCUT2D eigenvalue weighted by molar-refractivity contribution is 9.10. The maximum absolute atomic E-state index is 10.2. The predicted molar refractivity (Wildman–Crippen MR) is 74.4 cm³/mol. The molecule has 0 saturated carbocycles. The number of rotatable bonds is 2. The lowest BCUT2D eigenvalue weighted by Gasteiger charge is -2.12. The van der Waals surface area contributed by atoms with Gasteiger partial charge in [-0.3, -0.25) is 0 Å². The Bertz CT molecular complexity index is 522. The van der Waals surface area contributed by atoms with Crippen molar-refractivity contribution >= 4 is 27.5 Å². The maximum atomic E-state index is 10.2. The molecule has 1 atom stereocenters. The Labute approximate surface area is 114 Å². The molecule has 2 rings (SSSR count). The lowest BCUT2D eigenvalue weighted by atomic mass is 10.0. The van der Waals surface area contributed by atoms with E-state index in [9.17, 15) is 5.11 Å². The highest BCUT2D eigenvalue weighted by Crippen LogP contribution is 2.26. The molecule has 0 spiro atoms. The molecule has 1 N–H and O–H groups in total. The second kappa shape index (κ2) is 5.21. The van der Waals surface area contributed by atoms with Crippen molar-refractivity contribution in [1.29, 1.82) is 0 Å². The molecule has 0 fully saturated rings. The van der Waals surface area contributed by atoms with Crippen molar-refractivity contribution in [3.63, 3.8) is 0 Å². The first-order valence-corrected chi connectivity index (χ1v) is 6.44. The van der Waals surface area contributed by atoms with E-state index in [4.69, 9.17) is 11.6 Å². The molecule has 0 bridgehead atoms. The lowest BCUT2D eigenvalue weighted by Crippen LogP contribution is -1.99. The van der Waals surface area contributed by atoms with Gasteiger partial charge in [0, 0.05) is 9.50 Å². The smallest absolute Gasteiger partial charge is 0.104 e. The van der Waals surface area contributed by atoms with Gasteiger partial charge in [-0.1, -0.05) is 51.8 Å². The Morgan fingerprint density at radius 3 is 2.24 bits per heavy atom. The molecule has 0 aliphatic rings. The molecular formula is C14H12BrClO.